The molecule has 0 radical (unpaired) electrons. The molecule has 0 aromatic heterocycles. The standard InChI is InChI=1S/C16H14N4O3.ClH/c17-16(18)19-11-4-1-9(2-5-11)15(22)23-12-6-3-10-7-14(21)20-13(10)8-12;/h1-6,8H,7H2,(H,20,21)(H4,17,18,19);1H. The number of halogens is 1. The van der Waals surface area contributed by atoms with Crippen molar-refractivity contribution in [3.8, 4) is 5.75 Å². The first-order chi connectivity index (χ1) is 11.0. The van der Waals surface area contributed by atoms with Gasteiger partial charge in [0.15, 0.2) is 5.96 Å². The molecule has 124 valence electrons. The Bertz CT molecular complexity index is 815. The highest BCUT2D eigenvalue weighted by Gasteiger charge is 2.18. The van der Waals surface area contributed by atoms with Gasteiger partial charge in [0.25, 0.3) is 0 Å². The zero-order chi connectivity index (χ0) is 16.4. The highest BCUT2D eigenvalue weighted by molar-refractivity contribution is 5.99. The molecule has 24 heavy (non-hydrogen) atoms. The van der Waals surface area contributed by atoms with Crippen LogP contribution in [-0.4, -0.2) is 17.8 Å². The summed E-state index contributed by atoms with van der Waals surface area (Å²) in [5.41, 5.74) is 13.0. The SMILES string of the molecule is Cl.NC(N)=Nc1ccc(C(=O)Oc2ccc3c(c2)NC(=O)C3)cc1. The Morgan fingerprint density at radius 2 is 1.83 bits per heavy atom. The molecular formula is C16H15ClN4O3. The lowest BCUT2D eigenvalue weighted by molar-refractivity contribution is -0.115. The molecule has 0 fully saturated rings. The summed E-state index contributed by atoms with van der Waals surface area (Å²) in [7, 11) is 0. The summed E-state index contributed by atoms with van der Waals surface area (Å²) < 4.78 is 5.31. The molecule has 0 bridgehead atoms. The first-order valence-corrected chi connectivity index (χ1v) is 6.86. The van der Waals surface area contributed by atoms with Crippen LogP contribution in [-0.2, 0) is 11.2 Å². The van der Waals surface area contributed by atoms with Gasteiger partial charge in [0.05, 0.1) is 17.7 Å². The summed E-state index contributed by atoms with van der Waals surface area (Å²) in [5.74, 6) is -0.269. The number of carbonyl (C=O) groups is 2. The van der Waals surface area contributed by atoms with Crippen LogP contribution in [0.1, 0.15) is 15.9 Å². The van der Waals surface area contributed by atoms with Crippen LogP contribution in [0.5, 0.6) is 5.75 Å². The Morgan fingerprint density at radius 1 is 1.12 bits per heavy atom. The van der Waals surface area contributed by atoms with Crippen molar-refractivity contribution >= 4 is 41.6 Å². The molecule has 0 saturated carbocycles. The predicted molar refractivity (Wildman–Crippen MR) is 92.9 cm³/mol. The van der Waals surface area contributed by atoms with E-state index in [1.807, 2.05) is 0 Å². The van der Waals surface area contributed by atoms with Gasteiger partial charge in [-0.25, -0.2) is 9.79 Å². The van der Waals surface area contributed by atoms with Gasteiger partial charge in [0, 0.05) is 11.8 Å². The monoisotopic (exact) mass is 346 g/mol. The zero-order valence-corrected chi connectivity index (χ0v) is 13.3. The molecule has 0 spiro atoms. The molecule has 2 aromatic carbocycles. The van der Waals surface area contributed by atoms with Crippen LogP contribution in [0.15, 0.2) is 47.5 Å². The van der Waals surface area contributed by atoms with Crippen molar-refractivity contribution in [2.45, 2.75) is 6.42 Å². The van der Waals surface area contributed by atoms with E-state index in [0.29, 0.717) is 29.1 Å². The molecule has 7 nitrogen and oxygen atoms in total. The number of amides is 1. The molecule has 0 atom stereocenters. The lowest BCUT2D eigenvalue weighted by Gasteiger charge is -2.06. The number of ether oxygens (including phenoxy) is 1. The molecule has 0 aliphatic carbocycles. The van der Waals surface area contributed by atoms with E-state index in [9.17, 15) is 9.59 Å². The van der Waals surface area contributed by atoms with Gasteiger partial charge < -0.3 is 21.5 Å². The topological polar surface area (TPSA) is 120 Å². The van der Waals surface area contributed by atoms with Crippen molar-refractivity contribution in [3.05, 3.63) is 53.6 Å². The molecule has 3 rings (SSSR count). The number of benzene rings is 2. The van der Waals surface area contributed by atoms with Crippen LogP contribution in [0, 0.1) is 0 Å². The molecule has 1 heterocycles. The fourth-order valence-electron chi connectivity index (χ4n) is 2.24. The summed E-state index contributed by atoms with van der Waals surface area (Å²) in [5, 5.41) is 2.71. The number of fused-ring (bicyclic) bond motifs is 1. The normalized spacial score (nSPS) is 11.8. The van der Waals surface area contributed by atoms with Crippen LogP contribution >= 0.6 is 12.4 Å². The van der Waals surface area contributed by atoms with E-state index in [2.05, 4.69) is 10.3 Å². The number of rotatable bonds is 3. The van der Waals surface area contributed by atoms with Gasteiger partial charge in [-0.1, -0.05) is 6.07 Å². The number of nitrogens with one attached hydrogen (secondary N) is 1. The fourth-order valence-corrected chi connectivity index (χ4v) is 2.24. The smallest absolute Gasteiger partial charge is 0.343 e. The molecule has 0 unspecified atom stereocenters. The Morgan fingerprint density at radius 3 is 2.50 bits per heavy atom. The second-order valence-electron chi connectivity index (χ2n) is 5.02. The Hall–Kier alpha value is -3.06. The third-order valence-corrected chi connectivity index (χ3v) is 3.28. The number of nitrogens with zero attached hydrogens (tertiary/aromatic N) is 1. The molecule has 0 saturated heterocycles. The Balaban J connectivity index is 0.00000208. The summed E-state index contributed by atoms with van der Waals surface area (Å²) in [6.07, 6.45) is 0.343. The lowest BCUT2D eigenvalue weighted by atomic mass is 10.1. The van der Waals surface area contributed by atoms with Gasteiger partial charge in [0.2, 0.25) is 5.91 Å². The number of aliphatic imine (C=N–C) groups is 1. The highest BCUT2D eigenvalue weighted by Crippen LogP contribution is 2.28. The van der Waals surface area contributed by atoms with E-state index < -0.39 is 5.97 Å². The van der Waals surface area contributed by atoms with E-state index in [1.54, 1.807) is 42.5 Å². The number of guanidine groups is 1. The molecule has 8 heteroatoms. The van der Waals surface area contributed by atoms with Gasteiger partial charge in [0.1, 0.15) is 5.75 Å². The van der Waals surface area contributed by atoms with E-state index >= 15 is 0 Å². The van der Waals surface area contributed by atoms with Crippen molar-refractivity contribution in [2.24, 2.45) is 16.5 Å². The number of hydrogen-bond acceptors (Lipinski definition) is 4. The number of nitrogens with two attached hydrogens (primary N) is 2. The third kappa shape index (κ3) is 3.82. The minimum atomic E-state index is -0.509. The Labute approximate surface area is 144 Å². The average Bonchev–Trinajstić information content (AvgIpc) is 2.86. The van der Waals surface area contributed by atoms with Gasteiger partial charge in [-0.15, -0.1) is 12.4 Å². The quantitative estimate of drug-likeness (QED) is 0.338. The third-order valence-electron chi connectivity index (χ3n) is 3.28. The molecule has 2 aromatic rings. The zero-order valence-electron chi connectivity index (χ0n) is 12.5. The molecule has 1 aliphatic rings. The minimum absolute atomic E-state index is 0. The minimum Gasteiger partial charge on any atom is -0.423 e. The summed E-state index contributed by atoms with van der Waals surface area (Å²) in [6, 6.07) is 11.4. The fraction of sp³-hybridized carbons (Fsp3) is 0.0625. The van der Waals surface area contributed by atoms with Crippen LogP contribution in [0.4, 0.5) is 11.4 Å². The van der Waals surface area contributed by atoms with Crippen molar-refractivity contribution in [3.63, 3.8) is 0 Å². The van der Waals surface area contributed by atoms with Crippen molar-refractivity contribution in [1.82, 2.24) is 0 Å². The first-order valence-electron chi connectivity index (χ1n) is 6.86. The van der Waals surface area contributed by atoms with Crippen molar-refractivity contribution < 1.29 is 14.3 Å². The van der Waals surface area contributed by atoms with Crippen LogP contribution in [0.2, 0.25) is 0 Å². The van der Waals surface area contributed by atoms with E-state index in [0.717, 1.165) is 5.56 Å². The Kier molecular flexibility index (Phi) is 5.05. The van der Waals surface area contributed by atoms with Gasteiger partial charge in [-0.3, -0.25) is 4.79 Å². The van der Waals surface area contributed by atoms with Crippen molar-refractivity contribution in [1.29, 1.82) is 0 Å². The maximum atomic E-state index is 12.1. The highest BCUT2D eigenvalue weighted by atomic mass is 35.5. The largest absolute Gasteiger partial charge is 0.423 e. The second-order valence-corrected chi connectivity index (χ2v) is 5.02. The molecule has 1 amide bonds. The average molecular weight is 347 g/mol. The first kappa shape index (κ1) is 17.3. The number of esters is 1. The lowest BCUT2D eigenvalue weighted by Crippen LogP contribution is -2.21. The van der Waals surface area contributed by atoms with Crippen LogP contribution < -0.4 is 21.5 Å². The van der Waals surface area contributed by atoms with Crippen LogP contribution in [0.3, 0.4) is 0 Å². The van der Waals surface area contributed by atoms with Crippen LogP contribution in [0.25, 0.3) is 0 Å². The number of anilines is 1. The maximum absolute atomic E-state index is 12.1. The summed E-state index contributed by atoms with van der Waals surface area (Å²) in [6.45, 7) is 0. The van der Waals surface area contributed by atoms with Gasteiger partial charge >= 0.3 is 5.97 Å². The van der Waals surface area contributed by atoms with E-state index in [1.165, 1.54) is 0 Å². The van der Waals surface area contributed by atoms with Gasteiger partial charge in [-0.2, -0.15) is 0 Å². The summed E-state index contributed by atoms with van der Waals surface area (Å²) >= 11 is 0. The van der Waals surface area contributed by atoms with Gasteiger partial charge in [-0.05, 0) is 35.9 Å². The number of hydrogen-bond donors (Lipinski definition) is 3. The molecule has 5 N–H and O–H groups in total. The summed E-state index contributed by atoms with van der Waals surface area (Å²) in [4.78, 5) is 27.3. The van der Waals surface area contributed by atoms with E-state index in [4.69, 9.17) is 16.2 Å². The van der Waals surface area contributed by atoms with Crippen molar-refractivity contribution in [2.75, 3.05) is 5.32 Å². The maximum Gasteiger partial charge on any atom is 0.343 e. The molecular weight excluding hydrogens is 332 g/mol. The van der Waals surface area contributed by atoms with E-state index in [-0.39, 0.29) is 24.3 Å². The number of carbonyl (C=O) groups excluding carboxylic acids is 2. The predicted octanol–water partition coefficient (Wildman–Crippen LogP) is 1.73. The second kappa shape index (κ2) is 7.01. The molecule has 1 aliphatic heterocycles.